The molecule has 0 N–H and O–H groups in total. The molecule has 1 aromatic heterocycles. The number of ether oxygens (including phenoxy) is 3. The molecule has 0 saturated heterocycles. The molecule has 0 fully saturated rings. The zero-order valence-corrected chi connectivity index (χ0v) is 17.2. The van der Waals surface area contributed by atoms with E-state index in [1.807, 2.05) is 18.2 Å². The highest BCUT2D eigenvalue weighted by atomic mass is 35.5. The molecule has 29 heavy (non-hydrogen) atoms. The first kappa shape index (κ1) is 20.6. The Kier molecular flexibility index (Phi) is 6.67. The molecule has 0 spiro atoms. The van der Waals surface area contributed by atoms with Crippen LogP contribution < -0.4 is 14.2 Å². The number of hydrogen-bond acceptors (Lipinski definition) is 5. The minimum Gasteiger partial charge on any atom is -0.493 e. The molecule has 0 unspecified atom stereocenters. The Morgan fingerprint density at radius 1 is 0.966 bits per heavy atom. The van der Waals surface area contributed by atoms with E-state index in [1.165, 1.54) is 21.3 Å². The Morgan fingerprint density at radius 3 is 2.14 bits per heavy atom. The maximum absolute atomic E-state index is 13.4. The van der Waals surface area contributed by atoms with E-state index < -0.39 is 0 Å². The lowest BCUT2D eigenvalue weighted by molar-refractivity contribution is 0.0717. The first-order chi connectivity index (χ1) is 14.0. The molecular weight excluding hydrogens is 394 g/mol. The molecule has 0 bridgehead atoms. The zero-order valence-electron chi connectivity index (χ0n) is 16.5. The first-order valence-electron chi connectivity index (χ1n) is 8.91. The predicted molar refractivity (Wildman–Crippen MR) is 110 cm³/mol. The normalized spacial score (nSPS) is 10.5. The SMILES string of the molecule is COc1cc(C(=O)N(Cc2ccc(Cl)cc2)Cc2ccco2)cc(OC)c1OC. The number of carbonyl (C=O) groups is 1. The fraction of sp³-hybridized carbons (Fsp3) is 0.227. The minimum atomic E-state index is -0.199. The average Bonchev–Trinajstić information content (AvgIpc) is 3.26. The van der Waals surface area contributed by atoms with Crippen LogP contribution in [0.4, 0.5) is 0 Å². The summed E-state index contributed by atoms with van der Waals surface area (Å²) in [6.45, 7) is 0.693. The van der Waals surface area contributed by atoms with Gasteiger partial charge in [0.15, 0.2) is 11.5 Å². The highest BCUT2D eigenvalue weighted by molar-refractivity contribution is 6.30. The van der Waals surface area contributed by atoms with Gasteiger partial charge in [0.25, 0.3) is 5.91 Å². The Bertz CT molecular complexity index is 929. The molecule has 152 valence electrons. The van der Waals surface area contributed by atoms with Crippen LogP contribution in [0, 0.1) is 0 Å². The lowest BCUT2D eigenvalue weighted by Crippen LogP contribution is -2.30. The van der Waals surface area contributed by atoms with Gasteiger partial charge in [-0.05, 0) is 42.0 Å². The molecule has 3 rings (SSSR count). The smallest absolute Gasteiger partial charge is 0.254 e. The van der Waals surface area contributed by atoms with Crippen molar-refractivity contribution in [3.63, 3.8) is 0 Å². The Balaban J connectivity index is 1.96. The van der Waals surface area contributed by atoms with Crippen LogP contribution in [0.15, 0.2) is 59.2 Å². The summed E-state index contributed by atoms with van der Waals surface area (Å²) >= 11 is 5.98. The molecule has 0 aliphatic heterocycles. The first-order valence-corrected chi connectivity index (χ1v) is 9.29. The monoisotopic (exact) mass is 415 g/mol. The van der Waals surface area contributed by atoms with Crippen molar-refractivity contribution < 1.29 is 23.4 Å². The summed E-state index contributed by atoms with van der Waals surface area (Å²) in [6, 6.07) is 14.3. The van der Waals surface area contributed by atoms with Gasteiger partial charge >= 0.3 is 0 Å². The second kappa shape index (κ2) is 9.39. The van der Waals surface area contributed by atoms with Crippen LogP contribution in [0.5, 0.6) is 17.2 Å². The number of amides is 1. The molecule has 0 saturated carbocycles. The van der Waals surface area contributed by atoms with Crippen molar-refractivity contribution in [3.8, 4) is 17.2 Å². The Labute approximate surface area is 174 Å². The molecule has 0 aliphatic carbocycles. The molecule has 7 heteroatoms. The zero-order chi connectivity index (χ0) is 20.8. The van der Waals surface area contributed by atoms with E-state index in [0.717, 1.165) is 5.56 Å². The van der Waals surface area contributed by atoms with E-state index in [0.29, 0.717) is 46.7 Å². The molecule has 3 aromatic rings. The van der Waals surface area contributed by atoms with Gasteiger partial charge in [0.1, 0.15) is 5.76 Å². The maximum Gasteiger partial charge on any atom is 0.254 e. The minimum absolute atomic E-state index is 0.199. The number of carbonyl (C=O) groups excluding carboxylic acids is 1. The lowest BCUT2D eigenvalue weighted by Gasteiger charge is -2.23. The van der Waals surface area contributed by atoms with Crippen molar-refractivity contribution in [3.05, 3.63) is 76.7 Å². The molecule has 0 aliphatic rings. The summed E-state index contributed by atoms with van der Waals surface area (Å²) in [4.78, 5) is 15.1. The Morgan fingerprint density at radius 2 is 1.62 bits per heavy atom. The number of rotatable bonds is 8. The third-order valence-corrected chi connectivity index (χ3v) is 4.66. The van der Waals surface area contributed by atoms with E-state index in [9.17, 15) is 4.79 Å². The highest BCUT2D eigenvalue weighted by Gasteiger charge is 2.22. The average molecular weight is 416 g/mol. The van der Waals surface area contributed by atoms with Crippen LogP contribution in [0.25, 0.3) is 0 Å². The number of nitrogens with zero attached hydrogens (tertiary/aromatic N) is 1. The lowest BCUT2D eigenvalue weighted by atomic mass is 10.1. The quantitative estimate of drug-likeness (QED) is 0.528. The van der Waals surface area contributed by atoms with Gasteiger partial charge in [0.2, 0.25) is 5.75 Å². The van der Waals surface area contributed by atoms with E-state index >= 15 is 0 Å². The summed E-state index contributed by atoms with van der Waals surface area (Å²) in [7, 11) is 4.55. The second-order valence-corrected chi connectivity index (χ2v) is 6.72. The summed E-state index contributed by atoms with van der Waals surface area (Å²) in [5.74, 6) is 1.75. The van der Waals surface area contributed by atoms with Crippen molar-refractivity contribution >= 4 is 17.5 Å². The second-order valence-electron chi connectivity index (χ2n) is 6.28. The van der Waals surface area contributed by atoms with Gasteiger partial charge in [0, 0.05) is 17.1 Å². The fourth-order valence-corrected chi connectivity index (χ4v) is 3.11. The highest BCUT2D eigenvalue weighted by Crippen LogP contribution is 2.38. The number of halogens is 1. The Hall–Kier alpha value is -3.12. The molecule has 1 heterocycles. The van der Waals surface area contributed by atoms with Crippen LogP contribution in [0.3, 0.4) is 0 Å². The predicted octanol–water partition coefficient (Wildman–Crippen LogP) is 4.80. The molecular formula is C22H22ClNO5. The number of hydrogen-bond donors (Lipinski definition) is 0. The van der Waals surface area contributed by atoms with Crippen molar-refractivity contribution in [2.24, 2.45) is 0 Å². The maximum atomic E-state index is 13.4. The topological polar surface area (TPSA) is 61.1 Å². The van der Waals surface area contributed by atoms with Gasteiger partial charge in [-0.3, -0.25) is 4.79 Å². The van der Waals surface area contributed by atoms with Gasteiger partial charge in [-0.15, -0.1) is 0 Å². The van der Waals surface area contributed by atoms with Gasteiger partial charge in [0.05, 0.1) is 34.1 Å². The molecule has 1 amide bonds. The van der Waals surface area contributed by atoms with Gasteiger partial charge < -0.3 is 23.5 Å². The van der Waals surface area contributed by atoms with Crippen molar-refractivity contribution in [2.45, 2.75) is 13.1 Å². The number of benzene rings is 2. The molecule has 0 atom stereocenters. The van der Waals surface area contributed by atoms with Gasteiger partial charge in [-0.25, -0.2) is 0 Å². The summed E-state index contributed by atoms with van der Waals surface area (Å²) < 4.78 is 21.5. The number of methoxy groups -OCH3 is 3. The van der Waals surface area contributed by atoms with Crippen molar-refractivity contribution in [2.75, 3.05) is 21.3 Å². The van der Waals surface area contributed by atoms with Crippen molar-refractivity contribution in [1.29, 1.82) is 0 Å². The third kappa shape index (κ3) is 4.84. The van der Waals surface area contributed by atoms with E-state index in [2.05, 4.69) is 0 Å². The van der Waals surface area contributed by atoms with Crippen LogP contribution in [0.2, 0.25) is 5.02 Å². The van der Waals surface area contributed by atoms with E-state index in [-0.39, 0.29) is 5.91 Å². The summed E-state index contributed by atoms with van der Waals surface area (Å²) in [5, 5.41) is 0.641. The van der Waals surface area contributed by atoms with Crippen LogP contribution >= 0.6 is 11.6 Å². The van der Waals surface area contributed by atoms with Crippen LogP contribution in [0.1, 0.15) is 21.7 Å². The van der Waals surface area contributed by atoms with Crippen molar-refractivity contribution in [1.82, 2.24) is 4.90 Å². The third-order valence-electron chi connectivity index (χ3n) is 4.41. The van der Waals surface area contributed by atoms with Crippen LogP contribution in [-0.2, 0) is 13.1 Å². The number of furan rings is 1. The van der Waals surface area contributed by atoms with Crippen LogP contribution in [-0.4, -0.2) is 32.1 Å². The summed E-state index contributed by atoms with van der Waals surface area (Å²) in [5.41, 5.74) is 1.36. The largest absolute Gasteiger partial charge is 0.493 e. The van der Waals surface area contributed by atoms with E-state index in [1.54, 1.807) is 41.5 Å². The fourth-order valence-electron chi connectivity index (χ4n) is 2.99. The van der Waals surface area contributed by atoms with Gasteiger partial charge in [-0.1, -0.05) is 23.7 Å². The van der Waals surface area contributed by atoms with Gasteiger partial charge in [-0.2, -0.15) is 0 Å². The molecule has 0 radical (unpaired) electrons. The molecule has 2 aromatic carbocycles. The standard InChI is InChI=1S/C22H22ClNO5/c1-26-19-11-16(12-20(27-2)21(19)28-3)22(25)24(14-18-5-4-10-29-18)13-15-6-8-17(23)9-7-15/h4-12H,13-14H2,1-3H3. The summed E-state index contributed by atoms with van der Waals surface area (Å²) in [6.07, 6.45) is 1.58. The van der Waals surface area contributed by atoms with E-state index in [4.69, 9.17) is 30.2 Å². The molecule has 6 nitrogen and oxygen atoms in total.